The smallest absolute Gasteiger partial charge is 0.108 e. The van der Waals surface area contributed by atoms with Crippen molar-refractivity contribution in [3.05, 3.63) is 11.9 Å². The molecule has 1 heterocycles. The highest BCUT2D eigenvalue weighted by Gasteiger charge is 2.30. The highest BCUT2D eigenvalue weighted by molar-refractivity contribution is 4.91. The standard InChI is InChI=1S/C12H22N4O/c1-16-8-11(14-15-16)9-17-12(10-13)6-4-2-3-5-7-12/h8H,2-7,9-10,13H2,1H3. The number of nitrogens with two attached hydrogens (primary N) is 1. The maximum Gasteiger partial charge on any atom is 0.108 e. The molecule has 5 nitrogen and oxygen atoms in total. The van der Waals surface area contributed by atoms with E-state index < -0.39 is 0 Å². The second-order valence-corrected chi connectivity index (χ2v) is 4.97. The molecule has 1 aliphatic rings. The summed E-state index contributed by atoms with van der Waals surface area (Å²) < 4.78 is 7.75. The van der Waals surface area contributed by atoms with Crippen molar-refractivity contribution in [2.24, 2.45) is 12.8 Å². The van der Waals surface area contributed by atoms with Gasteiger partial charge < -0.3 is 10.5 Å². The Kier molecular flexibility index (Phi) is 4.12. The van der Waals surface area contributed by atoms with Crippen LogP contribution in [0, 0.1) is 0 Å². The molecule has 0 atom stereocenters. The molecule has 96 valence electrons. The van der Waals surface area contributed by atoms with Gasteiger partial charge in [0.1, 0.15) is 5.69 Å². The maximum absolute atomic E-state index is 6.06. The molecular formula is C12H22N4O. The van der Waals surface area contributed by atoms with Crippen LogP contribution in [0.15, 0.2) is 6.20 Å². The first-order valence-electron chi connectivity index (χ1n) is 6.43. The molecule has 0 bridgehead atoms. The largest absolute Gasteiger partial charge is 0.367 e. The van der Waals surface area contributed by atoms with Crippen LogP contribution in [0.3, 0.4) is 0 Å². The van der Waals surface area contributed by atoms with Gasteiger partial charge in [0, 0.05) is 13.6 Å². The molecule has 0 unspecified atom stereocenters. The van der Waals surface area contributed by atoms with E-state index in [9.17, 15) is 0 Å². The third-order valence-electron chi connectivity index (χ3n) is 3.56. The van der Waals surface area contributed by atoms with E-state index in [1.54, 1.807) is 4.68 Å². The van der Waals surface area contributed by atoms with Gasteiger partial charge in [-0.15, -0.1) is 5.10 Å². The molecule has 0 saturated heterocycles. The van der Waals surface area contributed by atoms with Crippen molar-refractivity contribution in [3.8, 4) is 0 Å². The molecule has 0 aliphatic heterocycles. The number of hydrogen-bond donors (Lipinski definition) is 1. The molecule has 17 heavy (non-hydrogen) atoms. The van der Waals surface area contributed by atoms with Crippen LogP contribution in [0.2, 0.25) is 0 Å². The van der Waals surface area contributed by atoms with Crippen molar-refractivity contribution in [1.82, 2.24) is 15.0 Å². The SMILES string of the molecule is Cn1cc(COC2(CN)CCCCCC2)nn1. The normalized spacial score (nSPS) is 20.1. The second-order valence-electron chi connectivity index (χ2n) is 4.97. The summed E-state index contributed by atoms with van der Waals surface area (Å²) in [6.45, 7) is 1.12. The molecule has 1 aromatic rings. The monoisotopic (exact) mass is 238 g/mol. The zero-order valence-corrected chi connectivity index (χ0v) is 10.6. The predicted octanol–water partition coefficient (Wildman–Crippen LogP) is 1.38. The molecule has 1 saturated carbocycles. The van der Waals surface area contributed by atoms with Crippen molar-refractivity contribution in [2.75, 3.05) is 6.54 Å². The first-order valence-corrected chi connectivity index (χ1v) is 6.43. The number of aromatic nitrogens is 3. The van der Waals surface area contributed by atoms with Crippen LogP contribution < -0.4 is 5.73 Å². The Bertz CT molecular complexity index is 342. The predicted molar refractivity (Wildman–Crippen MR) is 65.3 cm³/mol. The highest BCUT2D eigenvalue weighted by atomic mass is 16.5. The Labute approximate surface area is 102 Å². The second kappa shape index (κ2) is 5.60. The van der Waals surface area contributed by atoms with E-state index in [-0.39, 0.29) is 5.60 Å². The Morgan fingerprint density at radius 3 is 2.59 bits per heavy atom. The number of hydrogen-bond acceptors (Lipinski definition) is 4. The molecule has 5 heteroatoms. The number of ether oxygens (including phenoxy) is 1. The molecule has 2 rings (SSSR count). The molecule has 0 radical (unpaired) electrons. The van der Waals surface area contributed by atoms with Gasteiger partial charge in [0.05, 0.1) is 18.4 Å². The van der Waals surface area contributed by atoms with E-state index in [1.807, 2.05) is 13.2 Å². The maximum atomic E-state index is 6.06. The van der Waals surface area contributed by atoms with E-state index in [0.717, 1.165) is 18.5 Å². The first-order chi connectivity index (χ1) is 8.24. The van der Waals surface area contributed by atoms with E-state index in [0.29, 0.717) is 13.2 Å². The van der Waals surface area contributed by atoms with Gasteiger partial charge >= 0.3 is 0 Å². The molecule has 2 N–H and O–H groups in total. The molecular weight excluding hydrogens is 216 g/mol. The third-order valence-corrected chi connectivity index (χ3v) is 3.56. The summed E-state index contributed by atoms with van der Waals surface area (Å²) in [5.74, 6) is 0. The third kappa shape index (κ3) is 3.26. The number of aryl methyl sites for hydroxylation is 1. The summed E-state index contributed by atoms with van der Waals surface area (Å²) >= 11 is 0. The van der Waals surface area contributed by atoms with Gasteiger partial charge in [-0.05, 0) is 12.8 Å². The minimum absolute atomic E-state index is 0.131. The lowest BCUT2D eigenvalue weighted by Crippen LogP contribution is -2.40. The first kappa shape index (κ1) is 12.5. The average Bonchev–Trinajstić information content (AvgIpc) is 2.63. The van der Waals surface area contributed by atoms with Gasteiger partial charge in [0.25, 0.3) is 0 Å². The minimum atomic E-state index is -0.131. The van der Waals surface area contributed by atoms with Crippen molar-refractivity contribution in [3.63, 3.8) is 0 Å². The van der Waals surface area contributed by atoms with Gasteiger partial charge in [-0.3, -0.25) is 4.68 Å². The Balaban J connectivity index is 1.93. The lowest BCUT2D eigenvalue weighted by molar-refractivity contribution is -0.0614. The zero-order chi connectivity index (χ0) is 12.1. The fourth-order valence-corrected chi connectivity index (χ4v) is 2.47. The molecule has 0 aromatic carbocycles. The van der Waals surface area contributed by atoms with E-state index in [4.69, 9.17) is 10.5 Å². The van der Waals surface area contributed by atoms with Gasteiger partial charge in [0.2, 0.25) is 0 Å². The fourth-order valence-electron chi connectivity index (χ4n) is 2.47. The number of nitrogens with zero attached hydrogens (tertiary/aromatic N) is 3. The summed E-state index contributed by atoms with van der Waals surface area (Å²) in [6, 6.07) is 0. The van der Waals surface area contributed by atoms with Crippen LogP contribution in [-0.2, 0) is 18.4 Å². The average molecular weight is 238 g/mol. The van der Waals surface area contributed by atoms with Gasteiger partial charge in [-0.2, -0.15) is 0 Å². The summed E-state index contributed by atoms with van der Waals surface area (Å²) in [5.41, 5.74) is 6.66. The minimum Gasteiger partial charge on any atom is -0.367 e. The van der Waals surface area contributed by atoms with E-state index in [2.05, 4.69) is 10.3 Å². The van der Waals surface area contributed by atoms with Crippen LogP contribution >= 0.6 is 0 Å². The summed E-state index contributed by atoms with van der Waals surface area (Å²) in [7, 11) is 1.86. The van der Waals surface area contributed by atoms with Crippen LogP contribution in [0.1, 0.15) is 44.2 Å². The molecule has 0 spiro atoms. The van der Waals surface area contributed by atoms with E-state index in [1.165, 1.54) is 25.7 Å². The lowest BCUT2D eigenvalue weighted by atomic mass is 9.94. The summed E-state index contributed by atoms with van der Waals surface area (Å²) in [5, 5.41) is 7.94. The highest BCUT2D eigenvalue weighted by Crippen LogP contribution is 2.30. The topological polar surface area (TPSA) is 66.0 Å². The van der Waals surface area contributed by atoms with Gasteiger partial charge in [-0.25, -0.2) is 0 Å². The van der Waals surface area contributed by atoms with E-state index >= 15 is 0 Å². The zero-order valence-electron chi connectivity index (χ0n) is 10.6. The Morgan fingerprint density at radius 2 is 2.06 bits per heavy atom. The number of rotatable bonds is 4. The van der Waals surface area contributed by atoms with Crippen LogP contribution in [0.25, 0.3) is 0 Å². The molecule has 1 aliphatic carbocycles. The van der Waals surface area contributed by atoms with Crippen LogP contribution in [0.5, 0.6) is 0 Å². The summed E-state index contributed by atoms with van der Waals surface area (Å²) in [6.07, 6.45) is 9.08. The van der Waals surface area contributed by atoms with Crippen molar-refractivity contribution >= 4 is 0 Å². The fraction of sp³-hybridized carbons (Fsp3) is 0.833. The molecule has 1 fully saturated rings. The van der Waals surface area contributed by atoms with Gasteiger partial charge in [-0.1, -0.05) is 30.9 Å². The molecule has 0 amide bonds. The van der Waals surface area contributed by atoms with Crippen molar-refractivity contribution in [2.45, 2.75) is 50.7 Å². The van der Waals surface area contributed by atoms with Crippen LogP contribution in [-0.4, -0.2) is 27.1 Å². The van der Waals surface area contributed by atoms with Crippen molar-refractivity contribution in [1.29, 1.82) is 0 Å². The quantitative estimate of drug-likeness (QED) is 0.805. The summed E-state index contributed by atoms with van der Waals surface area (Å²) in [4.78, 5) is 0. The lowest BCUT2D eigenvalue weighted by Gasteiger charge is -2.31. The Morgan fingerprint density at radius 1 is 1.35 bits per heavy atom. The molecule has 1 aromatic heterocycles. The van der Waals surface area contributed by atoms with Crippen molar-refractivity contribution < 1.29 is 4.74 Å². The van der Waals surface area contributed by atoms with Crippen LogP contribution in [0.4, 0.5) is 0 Å². The van der Waals surface area contributed by atoms with Gasteiger partial charge in [0.15, 0.2) is 0 Å². The Hall–Kier alpha value is -0.940.